The third-order valence-electron chi connectivity index (χ3n) is 2.42. The van der Waals surface area contributed by atoms with Gasteiger partial charge in [0.05, 0.1) is 0 Å². The Bertz CT molecular complexity index is 497. The standard InChI is InChI=1S/C11H18N6S/c1-3-5-6-12-9-8-10(16-17-15-8)14-11(13-9)18-7-4-2/h3-7H2,1-2H3,(H2,12,13,14,15,16,17). The van der Waals surface area contributed by atoms with Gasteiger partial charge in [0, 0.05) is 12.3 Å². The Morgan fingerprint density at radius 3 is 2.83 bits per heavy atom. The Morgan fingerprint density at radius 2 is 2.06 bits per heavy atom. The number of H-pyrrole nitrogens is 1. The van der Waals surface area contributed by atoms with Crippen molar-refractivity contribution >= 4 is 28.7 Å². The van der Waals surface area contributed by atoms with Crippen LogP contribution < -0.4 is 5.32 Å². The summed E-state index contributed by atoms with van der Waals surface area (Å²) < 4.78 is 0. The van der Waals surface area contributed by atoms with Crippen molar-refractivity contribution in [2.24, 2.45) is 0 Å². The Morgan fingerprint density at radius 1 is 1.17 bits per heavy atom. The maximum absolute atomic E-state index is 4.50. The molecule has 2 heterocycles. The SMILES string of the molecule is CCCCNc1nc(SCCC)nc2n[nH]nc12. The number of hydrogen-bond donors (Lipinski definition) is 2. The number of nitrogens with zero attached hydrogens (tertiary/aromatic N) is 4. The minimum absolute atomic E-state index is 0.627. The molecular formula is C11H18N6S. The molecule has 0 saturated carbocycles. The smallest absolute Gasteiger partial charge is 0.207 e. The average molecular weight is 266 g/mol. The van der Waals surface area contributed by atoms with Crippen molar-refractivity contribution in [3.63, 3.8) is 0 Å². The highest BCUT2D eigenvalue weighted by atomic mass is 32.2. The molecule has 0 bridgehead atoms. The van der Waals surface area contributed by atoms with Crippen LogP contribution in [0.3, 0.4) is 0 Å². The van der Waals surface area contributed by atoms with E-state index in [4.69, 9.17) is 0 Å². The fourth-order valence-electron chi connectivity index (χ4n) is 1.49. The summed E-state index contributed by atoms with van der Waals surface area (Å²) in [7, 11) is 0. The van der Waals surface area contributed by atoms with E-state index in [1.54, 1.807) is 11.8 Å². The molecule has 0 spiro atoms. The third-order valence-corrected chi connectivity index (χ3v) is 3.47. The molecule has 2 N–H and O–H groups in total. The zero-order valence-electron chi connectivity index (χ0n) is 10.7. The number of hydrogen-bond acceptors (Lipinski definition) is 6. The second-order valence-electron chi connectivity index (χ2n) is 3.98. The fourth-order valence-corrected chi connectivity index (χ4v) is 2.18. The topological polar surface area (TPSA) is 79.4 Å². The predicted molar refractivity (Wildman–Crippen MR) is 73.9 cm³/mol. The molecule has 6 nitrogen and oxygen atoms in total. The van der Waals surface area contributed by atoms with Crippen molar-refractivity contribution in [1.29, 1.82) is 0 Å². The van der Waals surface area contributed by atoms with E-state index in [9.17, 15) is 0 Å². The first kappa shape index (κ1) is 13.1. The summed E-state index contributed by atoms with van der Waals surface area (Å²) in [5.74, 6) is 1.79. The van der Waals surface area contributed by atoms with Gasteiger partial charge < -0.3 is 5.32 Å². The number of aromatic nitrogens is 5. The van der Waals surface area contributed by atoms with Crippen LogP contribution in [0.1, 0.15) is 33.1 Å². The Labute approximate surface area is 110 Å². The largest absolute Gasteiger partial charge is 0.368 e. The maximum Gasteiger partial charge on any atom is 0.207 e. The van der Waals surface area contributed by atoms with E-state index in [1.165, 1.54) is 0 Å². The van der Waals surface area contributed by atoms with Gasteiger partial charge in [-0.15, -0.1) is 5.10 Å². The molecule has 0 aromatic carbocycles. The van der Waals surface area contributed by atoms with E-state index in [0.29, 0.717) is 11.2 Å². The van der Waals surface area contributed by atoms with Crippen LogP contribution >= 0.6 is 11.8 Å². The summed E-state index contributed by atoms with van der Waals surface area (Å²) >= 11 is 1.65. The highest BCUT2D eigenvalue weighted by Crippen LogP contribution is 2.21. The van der Waals surface area contributed by atoms with Crippen molar-refractivity contribution in [1.82, 2.24) is 25.4 Å². The van der Waals surface area contributed by atoms with Gasteiger partial charge in [-0.3, -0.25) is 0 Å². The monoisotopic (exact) mass is 266 g/mol. The van der Waals surface area contributed by atoms with Crippen LogP contribution in [0.5, 0.6) is 0 Å². The zero-order valence-corrected chi connectivity index (χ0v) is 11.5. The van der Waals surface area contributed by atoms with Crippen LogP contribution in [0.15, 0.2) is 5.16 Å². The molecule has 0 atom stereocenters. The van der Waals surface area contributed by atoms with Crippen LogP contribution in [0.25, 0.3) is 11.2 Å². The van der Waals surface area contributed by atoms with Gasteiger partial charge in [-0.05, 0) is 12.8 Å². The normalized spacial score (nSPS) is 11.0. The molecule has 0 aliphatic rings. The van der Waals surface area contributed by atoms with Gasteiger partial charge in [-0.2, -0.15) is 15.3 Å². The minimum Gasteiger partial charge on any atom is -0.368 e. The van der Waals surface area contributed by atoms with Gasteiger partial charge in [-0.25, -0.2) is 4.98 Å². The first-order valence-electron chi connectivity index (χ1n) is 6.30. The summed E-state index contributed by atoms with van der Waals surface area (Å²) in [4.78, 5) is 8.87. The van der Waals surface area contributed by atoms with E-state index in [2.05, 4.69) is 44.5 Å². The second kappa shape index (κ2) is 6.53. The molecule has 98 valence electrons. The van der Waals surface area contributed by atoms with Crippen LogP contribution in [0.2, 0.25) is 0 Å². The number of unbranched alkanes of at least 4 members (excludes halogenated alkanes) is 1. The summed E-state index contributed by atoms with van der Waals surface area (Å²) in [5, 5.41) is 14.8. The zero-order chi connectivity index (χ0) is 12.8. The summed E-state index contributed by atoms with van der Waals surface area (Å²) in [6.45, 7) is 5.20. The lowest BCUT2D eigenvalue weighted by Gasteiger charge is -2.06. The van der Waals surface area contributed by atoms with Crippen molar-refractivity contribution < 1.29 is 0 Å². The van der Waals surface area contributed by atoms with E-state index >= 15 is 0 Å². The third kappa shape index (κ3) is 3.10. The molecule has 2 aromatic heterocycles. The number of anilines is 1. The van der Waals surface area contributed by atoms with Gasteiger partial charge in [0.2, 0.25) is 5.65 Å². The molecular weight excluding hydrogens is 248 g/mol. The molecule has 0 saturated heterocycles. The summed E-state index contributed by atoms with van der Waals surface area (Å²) in [5.41, 5.74) is 1.34. The lowest BCUT2D eigenvalue weighted by molar-refractivity contribution is 0.827. The Kier molecular flexibility index (Phi) is 4.74. The Balaban J connectivity index is 2.21. The molecule has 0 amide bonds. The molecule has 0 unspecified atom stereocenters. The van der Waals surface area contributed by atoms with Crippen molar-refractivity contribution in [2.45, 2.75) is 38.3 Å². The van der Waals surface area contributed by atoms with E-state index in [0.717, 1.165) is 42.5 Å². The first-order valence-corrected chi connectivity index (χ1v) is 7.29. The van der Waals surface area contributed by atoms with Crippen molar-refractivity contribution in [3.05, 3.63) is 0 Å². The predicted octanol–water partition coefficient (Wildman–Crippen LogP) is 2.46. The molecule has 0 fully saturated rings. The molecule has 2 rings (SSSR count). The quantitative estimate of drug-likeness (QED) is 0.455. The highest BCUT2D eigenvalue weighted by molar-refractivity contribution is 7.99. The minimum atomic E-state index is 0.627. The number of aromatic amines is 1. The number of thioether (sulfide) groups is 1. The Hall–Kier alpha value is -1.37. The average Bonchev–Trinajstić information content (AvgIpc) is 2.85. The van der Waals surface area contributed by atoms with Crippen molar-refractivity contribution in [2.75, 3.05) is 17.6 Å². The molecule has 0 radical (unpaired) electrons. The van der Waals surface area contributed by atoms with Crippen LogP contribution in [0, 0.1) is 0 Å². The molecule has 18 heavy (non-hydrogen) atoms. The van der Waals surface area contributed by atoms with E-state index < -0.39 is 0 Å². The molecule has 0 aliphatic heterocycles. The van der Waals surface area contributed by atoms with Crippen LogP contribution in [-0.2, 0) is 0 Å². The van der Waals surface area contributed by atoms with Crippen LogP contribution in [0.4, 0.5) is 5.82 Å². The van der Waals surface area contributed by atoms with E-state index in [1.807, 2.05) is 0 Å². The van der Waals surface area contributed by atoms with Crippen molar-refractivity contribution in [3.8, 4) is 0 Å². The molecule has 7 heteroatoms. The van der Waals surface area contributed by atoms with Gasteiger partial charge in [0.25, 0.3) is 0 Å². The van der Waals surface area contributed by atoms with Gasteiger partial charge >= 0.3 is 0 Å². The maximum atomic E-state index is 4.50. The summed E-state index contributed by atoms with van der Waals surface area (Å²) in [6, 6.07) is 0. The second-order valence-corrected chi connectivity index (χ2v) is 5.04. The number of rotatable bonds is 7. The van der Waals surface area contributed by atoms with E-state index in [-0.39, 0.29) is 0 Å². The lowest BCUT2D eigenvalue weighted by atomic mass is 10.3. The highest BCUT2D eigenvalue weighted by Gasteiger charge is 2.11. The van der Waals surface area contributed by atoms with Gasteiger partial charge in [-0.1, -0.05) is 32.0 Å². The lowest BCUT2D eigenvalue weighted by Crippen LogP contribution is -2.05. The molecule has 2 aromatic rings. The molecule has 0 aliphatic carbocycles. The number of nitrogens with one attached hydrogen (secondary N) is 2. The number of fused-ring (bicyclic) bond motifs is 1. The summed E-state index contributed by atoms with van der Waals surface area (Å²) in [6.07, 6.45) is 3.36. The first-order chi connectivity index (χ1) is 8.85. The fraction of sp³-hybridized carbons (Fsp3) is 0.636. The van der Waals surface area contributed by atoms with Crippen LogP contribution in [-0.4, -0.2) is 37.7 Å². The van der Waals surface area contributed by atoms with Gasteiger partial charge in [0.1, 0.15) is 0 Å². The van der Waals surface area contributed by atoms with Gasteiger partial charge in [0.15, 0.2) is 16.5 Å².